The number of piperazine rings is 1. The molecule has 6 nitrogen and oxygen atoms in total. The van der Waals surface area contributed by atoms with E-state index in [1.54, 1.807) is 0 Å². The van der Waals surface area contributed by atoms with Gasteiger partial charge >= 0.3 is 0 Å². The van der Waals surface area contributed by atoms with Crippen LogP contribution in [-0.4, -0.2) is 84.6 Å². The fourth-order valence-electron chi connectivity index (χ4n) is 8.25. The monoisotopic (exact) mass is 669 g/mol. The number of thiophene rings is 1. The SMILES string of the molecule is CN(C)C(c1cccs1)C1CCC(C(c2nc(Cc3ccccc3)c(N3CCSCC3)o2)N2CCN(Cc3ccccc3)CC2)CC1. The van der Waals surface area contributed by atoms with Gasteiger partial charge in [-0.1, -0.05) is 66.7 Å². The molecule has 3 fully saturated rings. The molecule has 2 aliphatic heterocycles. The van der Waals surface area contributed by atoms with Crippen LogP contribution < -0.4 is 4.90 Å². The first-order valence-corrected chi connectivity index (χ1v) is 19.7. The number of rotatable bonds is 11. The van der Waals surface area contributed by atoms with E-state index in [2.05, 4.69) is 112 Å². The molecule has 2 atom stereocenters. The lowest BCUT2D eigenvalue weighted by Crippen LogP contribution is -2.49. The van der Waals surface area contributed by atoms with Gasteiger partial charge < -0.3 is 14.2 Å². The molecule has 1 aliphatic carbocycles. The Labute approximate surface area is 290 Å². The molecule has 2 aromatic heterocycles. The highest BCUT2D eigenvalue weighted by atomic mass is 32.2. The van der Waals surface area contributed by atoms with Crippen molar-refractivity contribution in [2.75, 3.05) is 69.8 Å². The predicted octanol–water partition coefficient (Wildman–Crippen LogP) is 7.85. The molecule has 0 N–H and O–H groups in total. The summed E-state index contributed by atoms with van der Waals surface area (Å²) in [5.41, 5.74) is 3.82. The highest BCUT2D eigenvalue weighted by Crippen LogP contribution is 2.46. The molecule has 1 saturated carbocycles. The van der Waals surface area contributed by atoms with Crippen LogP contribution in [0.25, 0.3) is 0 Å². The Hall–Kier alpha value is -2.62. The first kappa shape index (κ1) is 32.9. The zero-order valence-electron chi connectivity index (χ0n) is 28.2. The van der Waals surface area contributed by atoms with Crippen LogP contribution in [0.1, 0.15) is 65.4 Å². The van der Waals surface area contributed by atoms with E-state index >= 15 is 0 Å². The second kappa shape index (κ2) is 15.7. The van der Waals surface area contributed by atoms with Crippen molar-refractivity contribution >= 4 is 29.0 Å². The van der Waals surface area contributed by atoms with Gasteiger partial charge in [-0.05, 0) is 74.2 Å². The van der Waals surface area contributed by atoms with Crippen LogP contribution in [0, 0.1) is 11.8 Å². The van der Waals surface area contributed by atoms with Crippen molar-refractivity contribution in [2.24, 2.45) is 11.8 Å². The standard InChI is InChI=1S/C39H51N5OS2/c1-41(2)36(35-14-9-25-47-35)32-15-17-33(18-16-32)37(43-21-19-42(20-22-43)29-31-12-7-4-8-13-31)38-40-34(28-30-10-5-3-6-11-30)39(45-38)44-23-26-46-27-24-44/h3-14,25,32-33,36-37H,15-24,26-29H2,1-2H3. The van der Waals surface area contributed by atoms with Gasteiger partial charge in [0.15, 0.2) is 0 Å². The number of hydrogen-bond acceptors (Lipinski definition) is 8. The summed E-state index contributed by atoms with van der Waals surface area (Å²) in [6, 6.07) is 27.0. The van der Waals surface area contributed by atoms with E-state index in [0.717, 1.165) is 81.2 Å². The van der Waals surface area contributed by atoms with Crippen molar-refractivity contribution in [3.8, 4) is 0 Å². The molecule has 8 heteroatoms. The van der Waals surface area contributed by atoms with Gasteiger partial charge in [-0.3, -0.25) is 9.80 Å². The molecule has 0 spiro atoms. The van der Waals surface area contributed by atoms with Crippen LogP contribution >= 0.6 is 23.1 Å². The minimum absolute atomic E-state index is 0.219. The smallest absolute Gasteiger partial charge is 0.220 e. The summed E-state index contributed by atoms with van der Waals surface area (Å²) in [6.07, 6.45) is 5.77. The van der Waals surface area contributed by atoms with E-state index in [1.165, 1.54) is 41.7 Å². The zero-order chi connectivity index (χ0) is 32.0. The van der Waals surface area contributed by atoms with E-state index in [-0.39, 0.29) is 6.04 Å². The molecule has 4 heterocycles. The Balaban J connectivity index is 1.15. The van der Waals surface area contributed by atoms with Crippen LogP contribution in [0.2, 0.25) is 0 Å². The van der Waals surface area contributed by atoms with Crippen molar-refractivity contribution in [3.63, 3.8) is 0 Å². The predicted molar refractivity (Wildman–Crippen MR) is 198 cm³/mol. The molecular weight excluding hydrogens is 619 g/mol. The highest BCUT2D eigenvalue weighted by Gasteiger charge is 2.40. The van der Waals surface area contributed by atoms with Gasteiger partial charge in [0.25, 0.3) is 0 Å². The minimum Gasteiger partial charge on any atom is -0.423 e. The maximum Gasteiger partial charge on any atom is 0.220 e. The van der Waals surface area contributed by atoms with Gasteiger partial charge in [0.05, 0.1) is 6.04 Å². The fourth-order valence-corrected chi connectivity index (χ4v) is 10.2. The molecule has 0 amide bonds. The third-order valence-electron chi connectivity index (χ3n) is 10.6. The Kier molecular flexibility index (Phi) is 11.0. The number of oxazole rings is 1. The van der Waals surface area contributed by atoms with Gasteiger partial charge in [0.2, 0.25) is 11.8 Å². The number of hydrogen-bond donors (Lipinski definition) is 0. The van der Waals surface area contributed by atoms with Gasteiger partial charge in [0, 0.05) is 74.7 Å². The van der Waals surface area contributed by atoms with Crippen molar-refractivity contribution < 1.29 is 4.42 Å². The van der Waals surface area contributed by atoms with Gasteiger partial charge in [-0.2, -0.15) is 11.8 Å². The van der Waals surface area contributed by atoms with Gasteiger partial charge in [-0.15, -0.1) is 11.3 Å². The summed E-state index contributed by atoms with van der Waals surface area (Å²) in [6.45, 7) is 7.35. The zero-order valence-corrected chi connectivity index (χ0v) is 29.8. The lowest BCUT2D eigenvalue weighted by molar-refractivity contribution is 0.0304. The maximum absolute atomic E-state index is 7.03. The summed E-state index contributed by atoms with van der Waals surface area (Å²) < 4.78 is 7.03. The molecule has 47 heavy (non-hydrogen) atoms. The number of thioether (sulfide) groups is 1. The number of benzene rings is 2. The Morgan fingerprint density at radius 3 is 2.09 bits per heavy atom. The first-order valence-electron chi connectivity index (χ1n) is 17.7. The number of anilines is 1. The third kappa shape index (κ3) is 8.00. The first-order chi connectivity index (χ1) is 23.1. The molecule has 0 radical (unpaired) electrons. The van der Waals surface area contributed by atoms with Gasteiger partial charge in [0.1, 0.15) is 5.69 Å². The lowest BCUT2D eigenvalue weighted by Gasteiger charge is -2.44. The largest absolute Gasteiger partial charge is 0.423 e. The maximum atomic E-state index is 7.03. The Morgan fingerprint density at radius 2 is 1.45 bits per heavy atom. The van der Waals surface area contributed by atoms with Crippen LogP contribution in [0.5, 0.6) is 0 Å². The molecule has 2 saturated heterocycles. The van der Waals surface area contributed by atoms with Crippen LogP contribution in [0.3, 0.4) is 0 Å². The topological polar surface area (TPSA) is 39.0 Å². The fraction of sp³-hybridized carbons (Fsp3) is 0.513. The Bertz CT molecular complexity index is 1490. The molecule has 3 aliphatic rings. The summed E-state index contributed by atoms with van der Waals surface area (Å²) in [5, 5.41) is 2.24. The van der Waals surface area contributed by atoms with E-state index < -0.39 is 0 Å². The van der Waals surface area contributed by atoms with Crippen LogP contribution in [-0.2, 0) is 13.0 Å². The van der Waals surface area contributed by atoms with E-state index in [4.69, 9.17) is 9.40 Å². The second-order valence-corrected chi connectivity index (χ2v) is 16.1. The molecular formula is C39H51N5OS2. The Morgan fingerprint density at radius 1 is 0.787 bits per heavy atom. The summed E-state index contributed by atoms with van der Waals surface area (Å²) in [5.74, 6) is 5.51. The summed E-state index contributed by atoms with van der Waals surface area (Å²) >= 11 is 3.96. The molecule has 250 valence electrons. The highest BCUT2D eigenvalue weighted by molar-refractivity contribution is 7.99. The summed E-state index contributed by atoms with van der Waals surface area (Å²) in [7, 11) is 4.52. The third-order valence-corrected chi connectivity index (χ3v) is 12.5. The van der Waals surface area contributed by atoms with E-state index in [1.807, 2.05) is 23.1 Å². The minimum atomic E-state index is 0.219. The van der Waals surface area contributed by atoms with Crippen molar-refractivity contribution in [3.05, 3.63) is 106 Å². The van der Waals surface area contributed by atoms with Crippen LogP contribution in [0.15, 0.2) is 82.6 Å². The normalized spacial score (nSPS) is 22.8. The average molecular weight is 670 g/mol. The molecule has 4 aromatic rings. The lowest BCUT2D eigenvalue weighted by atomic mass is 9.74. The molecule has 0 bridgehead atoms. The molecule has 2 unspecified atom stereocenters. The van der Waals surface area contributed by atoms with Crippen molar-refractivity contribution in [2.45, 2.75) is 50.7 Å². The van der Waals surface area contributed by atoms with Crippen molar-refractivity contribution in [1.29, 1.82) is 0 Å². The van der Waals surface area contributed by atoms with E-state index in [9.17, 15) is 0 Å². The van der Waals surface area contributed by atoms with E-state index in [0.29, 0.717) is 17.9 Å². The number of aromatic nitrogens is 1. The molecule has 7 rings (SSSR count). The van der Waals surface area contributed by atoms with Gasteiger partial charge in [-0.25, -0.2) is 4.98 Å². The second-order valence-electron chi connectivity index (χ2n) is 13.9. The number of nitrogens with zero attached hydrogens (tertiary/aromatic N) is 5. The van der Waals surface area contributed by atoms with Crippen LogP contribution in [0.4, 0.5) is 5.88 Å². The average Bonchev–Trinajstić information content (AvgIpc) is 3.79. The molecule has 2 aromatic carbocycles. The van der Waals surface area contributed by atoms with Crippen molar-refractivity contribution in [1.82, 2.24) is 19.7 Å². The quantitative estimate of drug-likeness (QED) is 0.161. The summed E-state index contributed by atoms with van der Waals surface area (Å²) in [4.78, 5) is 17.3.